The normalized spacial score (nSPS) is 39.6. The lowest BCUT2D eigenvalue weighted by atomic mass is 10.0. The second kappa shape index (κ2) is 4.40. The highest BCUT2D eigenvalue weighted by atomic mass is 16.7. The van der Waals surface area contributed by atoms with Crippen molar-refractivity contribution in [1.82, 2.24) is 0 Å². The minimum atomic E-state index is -0.864. The second-order valence-corrected chi connectivity index (χ2v) is 2.78. The van der Waals surface area contributed by atoms with E-state index in [0.717, 1.165) is 0 Å². The Balaban J connectivity index is 2.71. The summed E-state index contributed by atoms with van der Waals surface area (Å²) in [4.78, 5) is 2.60. The first-order valence-corrected chi connectivity index (χ1v) is 3.83. The van der Waals surface area contributed by atoms with Crippen molar-refractivity contribution in [1.29, 1.82) is 0 Å². The molecular formula is C6H12N4O3. The average Bonchev–Trinajstić information content (AvgIpc) is 2.12. The summed E-state index contributed by atoms with van der Waals surface area (Å²) in [6, 6.07) is -1.33. The van der Waals surface area contributed by atoms with E-state index in [1.807, 2.05) is 0 Å². The van der Waals surface area contributed by atoms with E-state index in [4.69, 9.17) is 20.7 Å². The van der Waals surface area contributed by atoms with Gasteiger partial charge in [-0.15, -0.1) is 0 Å². The topological polar surface area (TPSA) is 113 Å². The van der Waals surface area contributed by atoms with Crippen molar-refractivity contribution in [3.8, 4) is 0 Å². The maximum absolute atomic E-state index is 9.36. The number of azide groups is 1. The first kappa shape index (κ1) is 10.2. The van der Waals surface area contributed by atoms with Crippen LogP contribution < -0.4 is 5.73 Å². The molecule has 1 heterocycles. The molecule has 0 bridgehead atoms. The molecule has 0 aromatic carbocycles. The van der Waals surface area contributed by atoms with Crippen molar-refractivity contribution in [2.24, 2.45) is 10.8 Å². The molecule has 0 saturated carbocycles. The number of aliphatic hydroxyl groups excluding tert-OH is 1. The van der Waals surface area contributed by atoms with Gasteiger partial charge >= 0.3 is 0 Å². The average molecular weight is 188 g/mol. The summed E-state index contributed by atoms with van der Waals surface area (Å²) in [5.74, 6) is 0. The largest absolute Gasteiger partial charge is 0.390 e. The molecule has 74 valence electrons. The monoisotopic (exact) mass is 188 g/mol. The summed E-state index contributed by atoms with van der Waals surface area (Å²) in [5.41, 5.74) is 13.9. The third-order valence-electron chi connectivity index (χ3n) is 1.95. The molecule has 0 aromatic rings. The molecule has 1 fully saturated rings. The van der Waals surface area contributed by atoms with Crippen LogP contribution in [0.15, 0.2) is 5.11 Å². The number of hydrogen-bond acceptors (Lipinski definition) is 5. The van der Waals surface area contributed by atoms with Gasteiger partial charge in [0.1, 0.15) is 0 Å². The number of rotatable bonds is 2. The number of ether oxygens (including phenoxy) is 2. The minimum absolute atomic E-state index is 0.0654. The first-order chi connectivity index (χ1) is 6.20. The smallest absolute Gasteiger partial charge is 0.172 e. The van der Waals surface area contributed by atoms with Crippen LogP contribution in [0.2, 0.25) is 0 Å². The maximum atomic E-state index is 9.36. The minimum Gasteiger partial charge on any atom is -0.390 e. The van der Waals surface area contributed by atoms with Crippen LogP contribution in [0.1, 0.15) is 0 Å². The van der Waals surface area contributed by atoms with E-state index in [0.29, 0.717) is 0 Å². The standard InChI is InChI=1S/C6H12N4O3/c1-12-6-4(7)5(9-10-8)3(11)2-13-6/h3-6,11H,2,7H2,1H3. The molecule has 0 spiro atoms. The van der Waals surface area contributed by atoms with E-state index < -0.39 is 24.5 Å². The van der Waals surface area contributed by atoms with Crippen molar-refractivity contribution in [3.05, 3.63) is 10.4 Å². The summed E-state index contributed by atoms with van der Waals surface area (Å²) in [7, 11) is 1.44. The maximum Gasteiger partial charge on any atom is 0.172 e. The van der Waals surface area contributed by atoms with Gasteiger partial charge in [-0.2, -0.15) is 0 Å². The molecule has 1 saturated heterocycles. The number of methoxy groups -OCH3 is 1. The van der Waals surface area contributed by atoms with Crippen LogP contribution in [0.5, 0.6) is 0 Å². The summed E-state index contributed by atoms with van der Waals surface area (Å²) < 4.78 is 9.93. The Morgan fingerprint density at radius 3 is 3.00 bits per heavy atom. The van der Waals surface area contributed by atoms with Crippen LogP contribution in [-0.4, -0.2) is 43.3 Å². The van der Waals surface area contributed by atoms with Gasteiger partial charge in [0.15, 0.2) is 6.29 Å². The molecule has 7 nitrogen and oxygen atoms in total. The molecule has 7 heteroatoms. The molecule has 4 unspecified atom stereocenters. The highest BCUT2D eigenvalue weighted by Crippen LogP contribution is 2.17. The lowest BCUT2D eigenvalue weighted by Crippen LogP contribution is -2.56. The lowest BCUT2D eigenvalue weighted by molar-refractivity contribution is -0.188. The zero-order valence-electron chi connectivity index (χ0n) is 7.20. The molecule has 4 atom stereocenters. The number of nitrogens with two attached hydrogens (primary N) is 1. The van der Waals surface area contributed by atoms with Crippen molar-refractivity contribution < 1.29 is 14.6 Å². The number of hydrogen-bond donors (Lipinski definition) is 2. The van der Waals surface area contributed by atoms with Crippen LogP contribution in [0.3, 0.4) is 0 Å². The Hall–Kier alpha value is -0.850. The van der Waals surface area contributed by atoms with Crippen LogP contribution in [0, 0.1) is 0 Å². The molecule has 0 amide bonds. The molecular weight excluding hydrogens is 176 g/mol. The van der Waals surface area contributed by atoms with E-state index in [9.17, 15) is 5.11 Å². The zero-order valence-corrected chi connectivity index (χ0v) is 7.20. The summed E-state index contributed by atoms with van der Waals surface area (Å²) >= 11 is 0. The number of nitrogens with zero attached hydrogens (tertiary/aromatic N) is 3. The van der Waals surface area contributed by atoms with E-state index >= 15 is 0 Å². The Kier molecular flexibility index (Phi) is 3.47. The van der Waals surface area contributed by atoms with Crippen molar-refractivity contribution in [2.75, 3.05) is 13.7 Å². The fourth-order valence-corrected chi connectivity index (χ4v) is 1.26. The quantitative estimate of drug-likeness (QED) is 0.340. The van der Waals surface area contributed by atoms with Crippen LogP contribution in [-0.2, 0) is 9.47 Å². The molecule has 1 rings (SSSR count). The highest BCUT2D eigenvalue weighted by Gasteiger charge is 2.36. The fraction of sp³-hybridized carbons (Fsp3) is 1.00. The van der Waals surface area contributed by atoms with Gasteiger partial charge in [-0.05, 0) is 5.53 Å². The van der Waals surface area contributed by atoms with Crippen molar-refractivity contribution in [2.45, 2.75) is 24.5 Å². The Labute approximate surface area is 75.1 Å². The SMILES string of the molecule is COC1OCC(O)C(N=[N+]=[N-])C1N. The summed E-state index contributed by atoms with van der Waals surface area (Å²) in [5, 5.41) is 12.7. The van der Waals surface area contributed by atoms with Gasteiger partial charge in [0.05, 0.1) is 24.8 Å². The molecule has 1 aliphatic rings. The van der Waals surface area contributed by atoms with Gasteiger partial charge in [-0.1, -0.05) is 5.11 Å². The van der Waals surface area contributed by atoms with Gasteiger partial charge in [0, 0.05) is 12.0 Å². The summed E-state index contributed by atoms with van der Waals surface area (Å²) in [6.45, 7) is 0.0654. The van der Waals surface area contributed by atoms with Crippen LogP contribution in [0.4, 0.5) is 0 Å². The van der Waals surface area contributed by atoms with E-state index in [-0.39, 0.29) is 6.61 Å². The fourth-order valence-electron chi connectivity index (χ4n) is 1.26. The Bertz CT molecular complexity index is 218. The third-order valence-corrected chi connectivity index (χ3v) is 1.95. The third kappa shape index (κ3) is 2.09. The van der Waals surface area contributed by atoms with Crippen molar-refractivity contribution >= 4 is 0 Å². The van der Waals surface area contributed by atoms with Crippen LogP contribution >= 0.6 is 0 Å². The molecule has 0 aromatic heterocycles. The summed E-state index contributed by atoms with van der Waals surface area (Å²) in [6.07, 6.45) is -1.49. The second-order valence-electron chi connectivity index (χ2n) is 2.78. The van der Waals surface area contributed by atoms with Crippen LogP contribution in [0.25, 0.3) is 10.4 Å². The van der Waals surface area contributed by atoms with E-state index in [2.05, 4.69) is 10.0 Å². The zero-order chi connectivity index (χ0) is 9.84. The lowest BCUT2D eigenvalue weighted by Gasteiger charge is -2.35. The Morgan fingerprint density at radius 1 is 1.77 bits per heavy atom. The van der Waals surface area contributed by atoms with E-state index in [1.54, 1.807) is 0 Å². The molecule has 0 radical (unpaired) electrons. The predicted octanol–water partition coefficient (Wildman–Crippen LogP) is -0.644. The highest BCUT2D eigenvalue weighted by molar-refractivity contribution is 4.91. The molecule has 1 aliphatic heterocycles. The van der Waals surface area contributed by atoms with E-state index in [1.165, 1.54) is 7.11 Å². The Morgan fingerprint density at radius 2 is 2.46 bits per heavy atom. The molecule has 3 N–H and O–H groups in total. The molecule has 13 heavy (non-hydrogen) atoms. The first-order valence-electron chi connectivity index (χ1n) is 3.83. The van der Waals surface area contributed by atoms with Gasteiger partial charge in [0.2, 0.25) is 0 Å². The van der Waals surface area contributed by atoms with Gasteiger partial charge in [-0.3, -0.25) is 0 Å². The number of aliphatic hydroxyl groups is 1. The van der Waals surface area contributed by atoms with Gasteiger partial charge < -0.3 is 20.3 Å². The molecule has 0 aliphatic carbocycles. The van der Waals surface area contributed by atoms with Crippen molar-refractivity contribution in [3.63, 3.8) is 0 Å². The van der Waals surface area contributed by atoms with Gasteiger partial charge in [-0.25, -0.2) is 0 Å². The van der Waals surface area contributed by atoms with Gasteiger partial charge in [0.25, 0.3) is 0 Å². The predicted molar refractivity (Wildman–Crippen MR) is 43.7 cm³/mol.